The minimum Gasteiger partial charge on any atom is -0.361 e. The highest BCUT2D eigenvalue weighted by Gasteiger charge is 2.32. The Labute approximate surface area is 187 Å². The molecule has 1 aromatic heterocycles. The number of aryl methyl sites for hydroxylation is 3. The van der Waals surface area contributed by atoms with Gasteiger partial charge in [-0.05, 0) is 51.3 Å². The number of halogens is 1. The molecule has 0 bridgehead atoms. The fraction of sp³-hybridized carbons (Fsp3) is 0.429. The molecule has 1 fully saturated rings. The van der Waals surface area contributed by atoms with Crippen molar-refractivity contribution in [1.29, 1.82) is 0 Å². The number of aromatic amines is 1. The van der Waals surface area contributed by atoms with Crippen LogP contribution in [-0.2, 0) is 14.8 Å². The van der Waals surface area contributed by atoms with Gasteiger partial charge in [0.15, 0.2) is 0 Å². The van der Waals surface area contributed by atoms with Crippen LogP contribution in [-0.4, -0.2) is 49.8 Å². The van der Waals surface area contributed by atoms with Crippen LogP contribution in [0.2, 0.25) is 5.02 Å². The Kier molecular flexibility index (Phi) is 7.08. The first-order valence-electron chi connectivity index (χ1n) is 10.1. The molecule has 3 N–H and O–H groups in total. The van der Waals surface area contributed by atoms with Crippen LogP contribution < -0.4 is 10.0 Å². The molecule has 0 unspecified atom stereocenters. The molecule has 1 saturated heterocycles. The van der Waals surface area contributed by atoms with Gasteiger partial charge in [-0.3, -0.25) is 9.59 Å². The van der Waals surface area contributed by atoms with Crippen LogP contribution in [0.15, 0.2) is 23.1 Å². The van der Waals surface area contributed by atoms with E-state index in [2.05, 4.69) is 15.0 Å². The fourth-order valence-corrected chi connectivity index (χ4v) is 5.35. The number of sulfonamides is 1. The van der Waals surface area contributed by atoms with Crippen molar-refractivity contribution < 1.29 is 18.0 Å². The molecular formula is C21H27ClN4O4S. The number of hydrogen-bond acceptors (Lipinski definition) is 4. The number of H-pyrrole nitrogens is 1. The van der Waals surface area contributed by atoms with Gasteiger partial charge in [0.25, 0.3) is 5.91 Å². The lowest BCUT2D eigenvalue weighted by Gasteiger charge is -2.17. The Balaban J connectivity index is 1.67. The third kappa shape index (κ3) is 5.28. The van der Waals surface area contributed by atoms with E-state index in [1.165, 1.54) is 0 Å². The van der Waals surface area contributed by atoms with Crippen molar-refractivity contribution >= 4 is 39.1 Å². The number of amides is 2. The minimum absolute atomic E-state index is 0.0485. The Hall–Kier alpha value is -2.36. The maximum atomic E-state index is 13.0. The first-order valence-corrected chi connectivity index (χ1v) is 12.0. The quantitative estimate of drug-likeness (QED) is 0.582. The van der Waals surface area contributed by atoms with Crippen LogP contribution in [0, 0.1) is 20.8 Å². The van der Waals surface area contributed by atoms with E-state index in [0.717, 1.165) is 18.4 Å². The monoisotopic (exact) mass is 466 g/mol. The molecular weight excluding hydrogens is 440 g/mol. The molecule has 10 heteroatoms. The lowest BCUT2D eigenvalue weighted by Crippen LogP contribution is -2.32. The molecule has 31 heavy (non-hydrogen) atoms. The van der Waals surface area contributed by atoms with E-state index in [-0.39, 0.29) is 35.2 Å². The fourth-order valence-electron chi connectivity index (χ4n) is 3.70. The second-order valence-electron chi connectivity index (χ2n) is 7.74. The summed E-state index contributed by atoms with van der Waals surface area (Å²) in [6.07, 6.45) is 1.76. The minimum atomic E-state index is -3.99. The molecule has 0 aliphatic carbocycles. The van der Waals surface area contributed by atoms with Crippen LogP contribution in [0.1, 0.15) is 46.6 Å². The molecule has 0 atom stereocenters. The van der Waals surface area contributed by atoms with E-state index in [0.29, 0.717) is 35.2 Å². The van der Waals surface area contributed by atoms with E-state index >= 15 is 0 Å². The van der Waals surface area contributed by atoms with E-state index in [1.54, 1.807) is 36.9 Å². The average molecular weight is 467 g/mol. The van der Waals surface area contributed by atoms with Crippen molar-refractivity contribution in [1.82, 2.24) is 14.6 Å². The maximum absolute atomic E-state index is 13.0. The summed E-state index contributed by atoms with van der Waals surface area (Å²) in [6, 6.07) is 5.16. The summed E-state index contributed by atoms with van der Waals surface area (Å²) in [5.41, 5.74) is 2.52. The Morgan fingerprint density at radius 1 is 1.13 bits per heavy atom. The molecule has 0 spiro atoms. The normalized spacial score (nSPS) is 14.1. The third-order valence-electron chi connectivity index (χ3n) is 5.29. The largest absolute Gasteiger partial charge is 0.361 e. The molecule has 0 saturated carbocycles. The topological polar surface area (TPSA) is 111 Å². The van der Waals surface area contributed by atoms with Gasteiger partial charge in [0.05, 0.1) is 5.56 Å². The SMILES string of the molecule is Cc1ccc(NC(=O)CCNS(=O)(=O)c2c(C)[nH]c(C)c2C(=O)N2CCCC2)cc1Cl. The lowest BCUT2D eigenvalue weighted by molar-refractivity contribution is -0.116. The van der Waals surface area contributed by atoms with Crippen molar-refractivity contribution in [2.24, 2.45) is 0 Å². The highest BCUT2D eigenvalue weighted by Crippen LogP contribution is 2.26. The van der Waals surface area contributed by atoms with E-state index in [4.69, 9.17) is 11.6 Å². The zero-order chi connectivity index (χ0) is 22.8. The number of benzene rings is 1. The Morgan fingerprint density at radius 2 is 1.81 bits per heavy atom. The van der Waals surface area contributed by atoms with E-state index in [1.807, 2.05) is 6.92 Å². The number of aromatic nitrogens is 1. The lowest BCUT2D eigenvalue weighted by atomic mass is 10.2. The number of anilines is 1. The van der Waals surface area contributed by atoms with Gasteiger partial charge in [0.1, 0.15) is 4.90 Å². The van der Waals surface area contributed by atoms with E-state index in [9.17, 15) is 18.0 Å². The summed E-state index contributed by atoms with van der Waals surface area (Å²) in [6.45, 7) is 6.31. The smallest absolute Gasteiger partial charge is 0.257 e. The summed E-state index contributed by atoms with van der Waals surface area (Å²) < 4.78 is 28.4. The van der Waals surface area contributed by atoms with Crippen molar-refractivity contribution in [3.05, 3.63) is 45.7 Å². The number of carbonyl (C=O) groups excluding carboxylic acids is 2. The van der Waals surface area contributed by atoms with Crippen LogP contribution in [0.3, 0.4) is 0 Å². The number of nitrogens with one attached hydrogen (secondary N) is 3. The highest BCUT2D eigenvalue weighted by atomic mass is 35.5. The first kappa shape index (κ1) is 23.3. The summed E-state index contributed by atoms with van der Waals surface area (Å²) in [4.78, 5) is 29.7. The van der Waals surface area contributed by atoms with Crippen LogP contribution in [0.4, 0.5) is 5.69 Å². The molecule has 168 valence electrons. The number of nitrogens with zero attached hydrogens (tertiary/aromatic N) is 1. The predicted molar refractivity (Wildman–Crippen MR) is 120 cm³/mol. The predicted octanol–water partition coefficient (Wildman–Crippen LogP) is 3.14. The summed E-state index contributed by atoms with van der Waals surface area (Å²) in [5, 5.41) is 3.23. The Bertz CT molecular complexity index is 1100. The highest BCUT2D eigenvalue weighted by molar-refractivity contribution is 7.89. The van der Waals surface area contributed by atoms with Gasteiger partial charge in [-0.25, -0.2) is 13.1 Å². The van der Waals surface area contributed by atoms with Crippen molar-refractivity contribution in [3.63, 3.8) is 0 Å². The average Bonchev–Trinajstić information content (AvgIpc) is 3.32. The number of hydrogen-bond donors (Lipinski definition) is 3. The molecule has 2 amide bonds. The van der Waals surface area contributed by atoms with Crippen molar-refractivity contribution in [2.45, 2.75) is 44.9 Å². The first-order chi connectivity index (χ1) is 14.6. The van der Waals surface area contributed by atoms with Crippen LogP contribution in [0.25, 0.3) is 0 Å². The second-order valence-corrected chi connectivity index (χ2v) is 9.85. The third-order valence-corrected chi connectivity index (χ3v) is 7.33. The summed E-state index contributed by atoms with van der Waals surface area (Å²) in [5.74, 6) is -0.633. The van der Waals surface area contributed by atoms with Crippen molar-refractivity contribution in [2.75, 3.05) is 25.0 Å². The number of carbonyl (C=O) groups is 2. The van der Waals surface area contributed by atoms with Crippen LogP contribution >= 0.6 is 11.6 Å². The standard InChI is InChI=1S/C21H27ClN4O4S/c1-13-6-7-16(12-17(13)22)25-18(27)8-9-23-31(29,30)20-15(3)24-14(2)19(20)21(28)26-10-4-5-11-26/h6-7,12,23-24H,4-5,8-11H2,1-3H3,(H,25,27). The maximum Gasteiger partial charge on any atom is 0.257 e. The second kappa shape index (κ2) is 9.42. The van der Waals surface area contributed by atoms with Crippen LogP contribution in [0.5, 0.6) is 0 Å². The molecule has 3 rings (SSSR count). The summed E-state index contributed by atoms with van der Waals surface area (Å²) in [7, 11) is -3.99. The Morgan fingerprint density at radius 3 is 2.45 bits per heavy atom. The van der Waals surface area contributed by atoms with Gasteiger partial charge in [-0.1, -0.05) is 17.7 Å². The van der Waals surface area contributed by atoms with Gasteiger partial charge in [0.2, 0.25) is 15.9 Å². The van der Waals surface area contributed by atoms with Gasteiger partial charge < -0.3 is 15.2 Å². The molecule has 2 aromatic rings. The number of rotatable bonds is 7. The number of likely N-dealkylation sites (tertiary alicyclic amines) is 1. The van der Waals surface area contributed by atoms with Gasteiger partial charge in [-0.15, -0.1) is 0 Å². The molecule has 0 radical (unpaired) electrons. The molecule has 8 nitrogen and oxygen atoms in total. The molecule has 1 aliphatic rings. The van der Waals surface area contributed by atoms with Crippen molar-refractivity contribution in [3.8, 4) is 0 Å². The zero-order valence-corrected chi connectivity index (χ0v) is 19.4. The van der Waals surface area contributed by atoms with Gasteiger partial charge in [0, 0.05) is 48.2 Å². The molecule has 1 aliphatic heterocycles. The van der Waals surface area contributed by atoms with Gasteiger partial charge in [-0.2, -0.15) is 0 Å². The molecule has 2 heterocycles. The van der Waals surface area contributed by atoms with E-state index < -0.39 is 10.0 Å². The zero-order valence-electron chi connectivity index (χ0n) is 17.8. The summed E-state index contributed by atoms with van der Waals surface area (Å²) >= 11 is 6.06. The van der Waals surface area contributed by atoms with Gasteiger partial charge >= 0.3 is 0 Å². The molecule has 1 aromatic carbocycles.